The van der Waals surface area contributed by atoms with Crippen molar-refractivity contribution < 1.29 is 19.1 Å². The Hall–Kier alpha value is -2.37. The second-order valence-electron chi connectivity index (χ2n) is 8.40. The van der Waals surface area contributed by atoms with Crippen LogP contribution in [0.15, 0.2) is 54.6 Å². The number of amides is 2. The van der Waals surface area contributed by atoms with Gasteiger partial charge in [0.1, 0.15) is 12.6 Å². The minimum absolute atomic E-state index is 0.00711. The molecule has 5 nitrogen and oxygen atoms in total. The molecule has 0 radical (unpaired) electrons. The normalized spacial score (nSPS) is 29.0. The van der Waals surface area contributed by atoms with E-state index in [4.69, 9.17) is 21.1 Å². The predicted molar refractivity (Wildman–Crippen MR) is 114 cm³/mol. The summed E-state index contributed by atoms with van der Waals surface area (Å²) in [5, 5.41) is 0.653. The Morgan fingerprint density at radius 3 is 2.33 bits per heavy atom. The van der Waals surface area contributed by atoms with Crippen molar-refractivity contribution in [3.63, 3.8) is 0 Å². The van der Waals surface area contributed by atoms with Gasteiger partial charge in [-0.2, -0.15) is 0 Å². The molecule has 0 spiro atoms. The van der Waals surface area contributed by atoms with E-state index in [2.05, 4.69) is 0 Å². The first-order chi connectivity index (χ1) is 14.4. The van der Waals surface area contributed by atoms with Crippen LogP contribution in [0.25, 0.3) is 0 Å². The van der Waals surface area contributed by atoms with Crippen molar-refractivity contribution in [1.29, 1.82) is 0 Å². The van der Waals surface area contributed by atoms with Gasteiger partial charge in [-0.1, -0.05) is 54.1 Å². The second kappa shape index (κ2) is 8.40. The van der Waals surface area contributed by atoms with Gasteiger partial charge in [-0.25, -0.2) is 9.69 Å². The maximum Gasteiger partial charge on any atom is 0.417 e. The number of cyclic esters (lactones) is 1. The number of carbonyl (C=O) groups is 2. The Kier molecular flexibility index (Phi) is 5.85. The molecule has 2 heterocycles. The molecule has 2 aromatic rings. The highest BCUT2D eigenvalue weighted by molar-refractivity contribution is 6.30. The highest BCUT2D eigenvalue weighted by atomic mass is 35.5. The summed E-state index contributed by atoms with van der Waals surface area (Å²) in [6.07, 6.45) is 1.05. The van der Waals surface area contributed by atoms with E-state index in [9.17, 15) is 9.59 Å². The summed E-state index contributed by atoms with van der Waals surface area (Å²) in [5.74, 6) is -0.220. The van der Waals surface area contributed by atoms with E-state index >= 15 is 0 Å². The molecule has 2 aliphatic rings. The quantitative estimate of drug-likeness (QED) is 0.666. The number of ether oxygens (including phenoxy) is 2. The van der Waals surface area contributed by atoms with Crippen LogP contribution in [0.5, 0.6) is 0 Å². The highest BCUT2D eigenvalue weighted by Gasteiger charge is 2.46. The van der Waals surface area contributed by atoms with E-state index in [0.717, 1.165) is 11.1 Å². The summed E-state index contributed by atoms with van der Waals surface area (Å²) in [7, 11) is 0. The molecular formula is C24H26ClNO4. The lowest BCUT2D eigenvalue weighted by Crippen LogP contribution is -2.46. The van der Waals surface area contributed by atoms with Crippen molar-refractivity contribution in [3.05, 3.63) is 70.7 Å². The van der Waals surface area contributed by atoms with Crippen LogP contribution in [0.1, 0.15) is 50.3 Å². The standard InChI is InChI=1S/C24H26ClNO4/c1-16-12-24(13-17(2)30-16,19-8-10-20(25)11-9-19)14-22(27)26-21(15-29-23(26)28)18-6-4-3-5-7-18/h3-11,16-17,21H,12-15H2,1-2H3/t16-,17+,21-,24-/m1/s1. The van der Waals surface area contributed by atoms with Crippen molar-refractivity contribution in [2.24, 2.45) is 0 Å². The van der Waals surface area contributed by atoms with Crippen LogP contribution < -0.4 is 0 Å². The van der Waals surface area contributed by atoms with E-state index in [0.29, 0.717) is 17.9 Å². The summed E-state index contributed by atoms with van der Waals surface area (Å²) in [6.45, 7) is 4.24. The van der Waals surface area contributed by atoms with Gasteiger partial charge in [-0.3, -0.25) is 4.79 Å². The van der Waals surface area contributed by atoms with Crippen LogP contribution in [-0.2, 0) is 19.7 Å². The molecular weight excluding hydrogens is 402 g/mol. The summed E-state index contributed by atoms with van der Waals surface area (Å²) in [4.78, 5) is 27.3. The first kappa shape index (κ1) is 20.9. The number of carbonyl (C=O) groups excluding carboxylic acids is 2. The van der Waals surface area contributed by atoms with Gasteiger partial charge in [-0.05, 0) is 49.9 Å². The molecule has 2 aliphatic heterocycles. The Bertz CT molecular complexity index is 905. The van der Waals surface area contributed by atoms with E-state index in [1.807, 2.05) is 68.4 Å². The van der Waals surface area contributed by atoms with E-state index < -0.39 is 17.6 Å². The minimum atomic E-state index is -0.576. The molecule has 2 aromatic carbocycles. The van der Waals surface area contributed by atoms with Crippen molar-refractivity contribution >= 4 is 23.6 Å². The Morgan fingerprint density at radius 2 is 1.70 bits per heavy atom. The maximum absolute atomic E-state index is 13.5. The lowest BCUT2D eigenvalue weighted by atomic mass is 9.68. The van der Waals surface area contributed by atoms with Gasteiger partial charge in [0.05, 0.1) is 12.2 Å². The van der Waals surface area contributed by atoms with Crippen molar-refractivity contribution in [1.82, 2.24) is 4.90 Å². The van der Waals surface area contributed by atoms with Gasteiger partial charge in [0, 0.05) is 16.9 Å². The third-order valence-corrected chi connectivity index (χ3v) is 6.35. The smallest absolute Gasteiger partial charge is 0.417 e. The predicted octanol–water partition coefficient (Wildman–Crippen LogP) is 5.28. The molecule has 6 heteroatoms. The van der Waals surface area contributed by atoms with E-state index in [1.54, 1.807) is 0 Å². The number of nitrogens with zero attached hydrogens (tertiary/aromatic N) is 1. The van der Waals surface area contributed by atoms with E-state index in [-0.39, 0.29) is 31.1 Å². The molecule has 0 N–H and O–H groups in total. The Labute approximate surface area is 181 Å². The largest absolute Gasteiger partial charge is 0.446 e. The SMILES string of the molecule is C[C@@H]1C[C@@](CC(=O)N2C(=O)OC[C@@H]2c2ccccc2)(c2ccc(Cl)cc2)C[C@H](C)O1. The lowest BCUT2D eigenvalue weighted by Gasteiger charge is -2.43. The molecule has 30 heavy (non-hydrogen) atoms. The fourth-order valence-electron chi connectivity index (χ4n) is 4.95. The molecule has 158 valence electrons. The minimum Gasteiger partial charge on any atom is -0.446 e. The zero-order valence-electron chi connectivity index (χ0n) is 17.2. The van der Waals surface area contributed by atoms with Crippen LogP contribution in [0.2, 0.25) is 5.02 Å². The molecule has 4 rings (SSSR count). The van der Waals surface area contributed by atoms with Crippen LogP contribution >= 0.6 is 11.6 Å². The zero-order chi connectivity index (χ0) is 21.3. The van der Waals surface area contributed by atoms with Crippen LogP contribution in [-0.4, -0.2) is 35.7 Å². The second-order valence-corrected chi connectivity index (χ2v) is 8.83. The zero-order valence-corrected chi connectivity index (χ0v) is 18.0. The number of hydrogen-bond acceptors (Lipinski definition) is 4. The lowest BCUT2D eigenvalue weighted by molar-refractivity contribution is -0.133. The average molecular weight is 428 g/mol. The number of hydrogen-bond donors (Lipinski definition) is 0. The first-order valence-electron chi connectivity index (χ1n) is 10.3. The highest BCUT2D eigenvalue weighted by Crippen LogP contribution is 2.44. The van der Waals surface area contributed by atoms with Gasteiger partial charge >= 0.3 is 6.09 Å². The monoisotopic (exact) mass is 427 g/mol. The van der Waals surface area contributed by atoms with E-state index in [1.165, 1.54) is 4.90 Å². The number of halogens is 1. The van der Waals surface area contributed by atoms with Crippen LogP contribution in [0.3, 0.4) is 0 Å². The topological polar surface area (TPSA) is 55.8 Å². The molecule has 2 amide bonds. The third kappa shape index (κ3) is 4.09. The molecule has 2 saturated heterocycles. The summed E-state index contributed by atoms with van der Waals surface area (Å²) < 4.78 is 11.2. The number of rotatable bonds is 4. The molecule has 2 fully saturated rings. The van der Waals surface area contributed by atoms with Crippen LogP contribution in [0.4, 0.5) is 4.79 Å². The first-order valence-corrected chi connectivity index (χ1v) is 10.7. The van der Waals surface area contributed by atoms with Gasteiger partial charge in [0.2, 0.25) is 5.91 Å². The van der Waals surface area contributed by atoms with Gasteiger partial charge in [0.15, 0.2) is 0 Å². The van der Waals surface area contributed by atoms with Crippen molar-refractivity contribution in [3.8, 4) is 0 Å². The van der Waals surface area contributed by atoms with Crippen molar-refractivity contribution in [2.75, 3.05) is 6.61 Å². The number of imide groups is 1. The maximum atomic E-state index is 13.5. The third-order valence-electron chi connectivity index (χ3n) is 6.09. The molecule has 0 bridgehead atoms. The summed E-state index contributed by atoms with van der Waals surface area (Å²) in [6, 6.07) is 16.8. The number of benzene rings is 2. The van der Waals surface area contributed by atoms with Gasteiger partial charge in [0.25, 0.3) is 0 Å². The Morgan fingerprint density at radius 1 is 1.07 bits per heavy atom. The molecule has 4 atom stereocenters. The molecule has 0 aliphatic carbocycles. The van der Waals surface area contributed by atoms with Crippen molar-refractivity contribution in [2.45, 2.75) is 56.8 Å². The van der Waals surface area contributed by atoms with Gasteiger partial charge in [-0.15, -0.1) is 0 Å². The Balaban J connectivity index is 1.66. The fraction of sp³-hybridized carbons (Fsp3) is 0.417. The average Bonchev–Trinajstić information content (AvgIpc) is 3.10. The molecule has 0 unspecified atom stereocenters. The fourth-order valence-corrected chi connectivity index (χ4v) is 5.08. The van der Waals surface area contributed by atoms with Gasteiger partial charge < -0.3 is 9.47 Å². The van der Waals surface area contributed by atoms with Crippen LogP contribution in [0, 0.1) is 0 Å². The molecule has 0 aromatic heterocycles. The summed E-state index contributed by atoms with van der Waals surface area (Å²) >= 11 is 6.11. The molecule has 0 saturated carbocycles. The summed E-state index contributed by atoms with van der Waals surface area (Å²) in [5.41, 5.74) is 1.51.